The first kappa shape index (κ1) is 19.3. The Balaban J connectivity index is 1.98. The summed E-state index contributed by atoms with van der Waals surface area (Å²) in [6.45, 7) is 0. The highest BCUT2D eigenvalue weighted by Crippen LogP contribution is 2.48. The lowest BCUT2D eigenvalue weighted by atomic mass is 9.80. The van der Waals surface area contributed by atoms with Gasteiger partial charge in [-0.25, -0.2) is 9.79 Å². The number of hydrogen-bond donors (Lipinski definition) is 2. The third kappa shape index (κ3) is 3.23. The van der Waals surface area contributed by atoms with Crippen LogP contribution < -0.4 is 15.8 Å². The summed E-state index contributed by atoms with van der Waals surface area (Å²) in [5, 5.41) is 5.99. The van der Waals surface area contributed by atoms with Crippen LogP contribution in [-0.2, 0) is 21.7 Å². The molecule has 1 unspecified atom stereocenters. The number of nitrogens with zero attached hydrogens (tertiary/aromatic N) is 1. The monoisotopic (exact) mass is 423 g/mol. The molecule has 0 fully saturated rings. The van der Waals surface area contributed by atoms with E-state index < -0.39 is 17.9 Å². The number of aryl methyl sites for hydroxylation is 1. The van der Waals surface area contributed by atoms with Gasteiger partial charge in [-0.05, 0) is 47.5 Å². The summed E-state index contributed by atoms with van der Waals surface area (Å²) >= 11 is 1.26. The molecule has 2 aromatic rings. The average Bonchev–Trinajstić information content (AvgIpc) is 3.21. The van der Waals surface area contributed by atoms with Crippen molar-refractivity contribution in [1.82, 2.24) is 5.32 Å². The minimum atomic E-state index is -5.18. The lowest BCUT2D eigenvalue weighted by Gasteiger charge is -2.41. The number of rotatable bonds is 3. The van der Waals surface area contributed by atoms with E-state index in [1.54, 1.807) is 29.0 Å². The van der Waals surface area contributed by atoms with Crippen LogP contribution in [0.1, 0.15) is 23.1 Å². The zero-order valence-corrected chi connectivity index (χ0v) is 16.0. The fourth-order valence-electron chi connectivity index (χ4n) is 3.60. The highest BCUT2D eigenvalue weighted by atomic mass is 32.1. The second kappa shape index (κ2) is 6.80. The number of halogens is 3. The molecule has 0 radical (unpaired) electrons. The first-order valence-corrected chi connectivity index (χ1v) is 9.55. The molecule has 2 aliphatic rings. The summed E-state index contributed by atoms with van der Waals surface area (Å²) in [6, 6.07) is 6.89. The van der Waals surface area contributed by atoms with Gasteiger partial charge in [0.25, 0.3) is 0 Å². The van der Waals surface area contributed by atoms with Crippen molar-refractivity contribution in [3.63, 3.8) is 0 Å². The van der Waals surface area contributed by atoms with Crippen LogP contribution in [0.2, 0.25) is 0 Å². The molecular formula is C19H16F3N3O3S. The number of aliphatic imine (C=N–C) groups is 1. The Morgan fingerprint density at radius 1 is 1.31 bits per heavy atom. The third-order valence-electron chi connectivity index (χ3n) is 4.82. The number of nitrogens with two attached hydrogens (primary N) is 1. The van der Waals surface area contributed by atoms with Gasteiger partial charge in [0, 0.05) is 10.9 Å². The molecule has 0 amide bonds. The first-order chi connectivity index (χ1) is 13.7. The zero-order chi connectivity index (χ0) is 20.8. The van der Waals surface area contributed by atoms with E-state index in [0.717, 1.165) is 5.56 Å². The number of alkyl halides is 3. The molecule has 1 aliphatic heterocycles. The predicted octanol–water partition coefficient (Wildman–Crippen LogP) is 3.29. The molecule has 2 heterocycles. The number of hydrogen-bond acceptors (Lipinski definition) is 7. The van der Waals surface area contributed by atoms with Gasteiger partial charge in [0.1, 0.15) is 5.75 Å². The fraction of sp³-hybridized carbons (Fsp3) is 0.263. The SMILES string of the molecule is COc1ccc2c(c1)C1=C(CC2)N=C(N)NC1(OC(=O)C(F)(F)F)c1ccsc1. The normalized spacial score (nSPS) is 20.9. The smallest absolute Gasteiger partial charge is 0.491 e. The van der Waals surface area contributed by atoms with Crippen molar-refractivity contribution in [3.05, 3.63) is 57.4 Å². The summed E-state index contributed by atoms with van der Waals surface area (Å²) in [6.07, 6.45) is -4.13. The molecule has 1 atom stereocenters. The molecule has 0 saturated carbocycles. The van der Waals surface area contributed by atoms with Crippen molar-refractivity contribution in [2.24, 2.45) is 10.7 Å². The van der Waals surface area contributed by atoms with Crippen molar-refractivity contribution < 1.29 is 27.4 Å². The number of carbonyl (C=O) groups excluding carboxylic acids is 1. The molecule has 0 bridgehead atoms. The quantitative estimate of drug-likeness (QED) is 0.740. The van der Waals surface area contributed by atoms with E-state index >= 15 is 0 Å². The summed E-state index contributed by atoms with van der Waals surface area (Å²) in [5.74, 6) is -1.94. The summed E-state index contributed by atoms with van der Waals surface area (Å²) in [7, 11) is 1.49. The molecule has 1 aromatic carbocycles. The Kier molecular flexibility index (Phi) is 4.53. The number of guanidine groups is 1. The Bertz CT molecular complexity index is 1030. The molecule has 29 heavy (non-hydrogen) atoms. The van der Waals surface area contributed by atoms with E-state index in [2.05, 4.69) is 10.3 Å². The molecule has 10 heteroatoms. The minimum absolute atomic E-state index is 0.128. The molecule has 6 nitrogen and oxygen atoms in total. The lowest BCUT2D eigenvalue weighted by molar-refractivity contribution is -0.211. The molecule has 0 spiro atoms. The van der Waals surface area contributed by atoms with E-state index in [-0.39, 0.29) is 5.96 Å². The van der Waals surface area contributed by atoms with E-state index in [1.165, 1.54) is 18.4 Å². The van der Waals surface area contributed by atoms with Gasteiger partial charge >= 0.3 is 12.1 Å². The highest BCUT2D eigenvalue weighted by Gasteiger charge is 2.52. The number of fused-ring (bicyclic) bond motifs is 2. The number of benzene rings is 1. The van der Waals surface area contributed by atoms with Crippen molar-refractivity contribution in [1.29, 1.82) is 0 Å². The van der Waals surface area contributed by atoms with Gasteiger partial charge in [0.2, 0.25) is 5.72 Å². The van der Waals surface area contributed by atoms with Crippen LogP contribution in [-0.4, -0.2) is 25.2 Å². The Morgan fingerprint density at radius 2 is 2.10 bits per heavy atom. The number of carbonyl (C=O) groups is 1. The van der Waals surface area contributed by atoms with Gasteiger partial charge in [0.05, 0.1) is 18.4 Å². The second-order valence-corrected chi connectivity index (χ2v) is 7.33. The van der Waals surface area contributed by atoms with Gasteiger partial charge in [-0.15, -0.1) is 0 Å². The Hall–Kier alpha value is -3.01. The summed E-state index contributed by atoms with van der Waals surface area (Å²) < 4.78 is 49.9. The van der Waals surface area contributed by atoms with Crippen LogP contribution in [0.25, 0.3) is 5.57 Å². The Labute approximate surface area is 167 Å². The highest BCUT2D eigenvalue weighted by molar-refractivity contribution is 7.08. The summed E-state index contributed by atoms with van der Waals surface area (Å²) in [4.78, 5) is 16.2. The first-order valence-electron chi connectivity index (χ1n) is 8.60. The zero-order valence-electron chi connectivity index (χ0n) is 15.2. The molecule has 152 valence electrons. The number of esters is 1. The maximum absolute atomic E-state index is 13.2. The number of methoxy groups -OCH3 is 1. The fourth-order valence-corrected chi connectivity index (χ4v) is 4.30. The van der Waals surface area contributed by atoms with Crippen LogP contribution in [0.3, 0.4) is 0 Å². The second-order valence-electron chi connectivity index (χ2n) is 6.55. The van der Waals surface area contributed by atoms with Crippen LogP contribution >= 0.6 is 11.3 Å². The van der Waals surface area contributed by atoms with E-state index in [4.69, 9.17) is 15.2 Å². The van der Waals surface area contributed by atoms with Crippen molar-refractivity contribution in [2.45, 2.75) is 24.7 Å². The summed E-state index contributed by atoms with van der Waals surface area (Å²) in [5.41, 5.74) is 6.51. The number of nitrogens with one attached hydrogen (secondary N) is 1. The van der Waals surface area contributed by atoms with Crippen molar-refractivity contribution >= 4 is 28.8 Å². The van der Waals surface area contributed by atoms with Crippen LogP contribution in [0.15, 0.2) is 45.7 Å². The molecule has 4 rings (SSSR count). The largest absolute Gasteiger partial charge is 0.497 e. The molecular weight excluding hydrogens is 407 g/mol. The van der Waals surface area contributed by atoms with Crippen LogP contribution in [0.5, 0.6) is 5.75 Å². The van der Waals surface area contributed by atoms with Crippen molar-refractivity contribution in [2.75, 3.05) is 7.11 Å². The van der Waals surface area contributed by atoms with Crippen LogP contribution in [0.4, 0.5) is 13.2 Å². The average molecular weight is 423 g/mol. The molecule has 3 N–H and O–H groups in total. The maximum Gasteiger partial charge on any atom is 0.491 e. The number of thiophene rings is 1. The van der Waals surface area contributed by atoms with Gasteiger partial charge in [-0.2, -0.15) is 24.5 Å². The Morgan fingerprint density at radius 3 is 2.76 bits per heavy atom. The lowest BCUT2D eigenvalue weighted by Crippen LogP contribution is -2.56. The van der Waals surface area contributed by atoms with Crippen molar-refractivity contribution in [3.8, 4) is 5.75 Å². The van der Waals surface area contributed by atoms with Gasteiger partial charge in [-0.1, -0.05) is 6.07 Å². The molecule has 1 aromatic heterocycles. The molecule has 0 saturated heterocycles. The predicted molar refractivity (Wildman–Crippen MR) is 101 cm³/mol. The number of ether oxygens (including phenoxy) is 2. The van der Waals surface area contributed by atoms with Gasteiger partial charge in [-0.3, -0.25) is 0 Å². The van der Waals surface area contributed by atoms with E-state index in [0.29, 0.717) is 41.0 Å². The number of allylic oxidation sites excluding steroid dienone is 1. The maximum atomic E-state index is 13.2. The van der Waals surface area contributed by atoms with Crippen LogP contribution in [0, 0.1) is 0 Å². The standard InChI is InChI=1S/C19H16F3N3O3S/c1-27-12-4-2-10-3-5-14-15(13(10)8-12)18(25-17(23)24-14,11-6-7-29-9-11)28-16(26)19(20,21)22/h2,4,6-9H,3,5H2,1H3,(H3,23,24,25). The van der Waals surface area contributed by atoms with Gasteiger partial charge in [0.15, 0.2) is 5.96 Å². The molecule has 1 aliphatic carbocycles. The van der Waals surface area contributed by atoms with E-state index in [1.807, 2.05) is 6.07 Å². The minimum Gasteiger partial charge on any atom is -0.497 e. The third-order valence-corrected chi connectivity index (χ3v) is 5.51. The topological polar surface area (TPSA) is 85.9 Å². The van der Waals surface area contributed by atoms with E-state index in [9.17, 15) is 18.0 Å². The van der Waals surface area contributed by atoms with Gasteiger partial charge < -0.3 is 20.5 Å².